The van der Waals surface area contributed by atoms with Gasteiger partial charge in [0, 0.05) is 6.07 Å². The van der Waals surface area contributed by atoms with Crippen LogP contribution in [-0.4, -0.2) is 20.8 Å². The molecule has 0 fully saturated rings. The third-order valence-electron chi connectivity index (χ3n) is 2.45. The van der Waals surface area contributed by atoms with Gasteiger partial charge in [0.1, 0.15) is 5.82 Å². The van der Waals surface area contributed by atoms with Crippen LogP contribution in [0, 0.1) is 18.6 Å². The Morgan fingerprint density at radius 3 is 2.73 bits per heavy atom. The molecule has 1 aromatic heterocycles. The molecule has 2 aromatic rings. The van der Waals surface area contributed by atoms with Gasteiger partial charge < -0.3 is 4.74 Å². The lowest BCUT2D eigenvalue weighted by Gasteiger charge is -2.08. The fourth-order valence-electron chi connectivity index (χ4n) is 1.48. The minimum atomic E-state index is -2.23. The monoisotopic (exact) mass is 329 g/mol. The van der Waals surface area contributed by atoms with Crippen LogP contribution in [0.5, 0.6) is 11.5 Å². The molecule has 0 saturated carbocycles. The second-order valence-electron chi connectivity index (χ2n) is 4.05. The molecule has 6 nitrogen and oxygen atoms in total. The van der Waals surface area contributed by atoms with Crippen LogP contribution < -0.4 is 4.74 Å². The average Bonchev–Trinajstić information content (AvgIpc) is 2.44. The van der Waals surface area contributed by atoms with Crippen molar-refractivity contribution in [2.24, 2.45) is 4.36 Å². The lowest BCUT2D eigenvalue weighted by Crippen LogP contribution is -1.95. The van der Waals surface area contributed by atoms with Crippen LogP contribution in [-0.2, 0) is 15.1 Å². The Kier molecular flexibility index (Phi) is 5.34. The van der Waals surface area contributed by atoms with Gasteiger partial charge in [-0.2, -0.15) is 0 Å². The molecule has 0 amide bonds. The highest BCUT2D eigenvalue weighted by Gasteiger charge is 2.10. The van der Waals surface area contributed by atoms with E-state index in [2.05, 4.69) is 14.3 Å². The molecule has 0 aliphatic heterocycles. The normalized spacial score (nSPS) is 12.4. The van der Waals surface area contributed by atoms with Gasteiger partial charge in [0.25, 0.3) is 5.95 Å². The molecule has 1 unspecified atom stereocenters. The Morgan fingerprint density at radius 1 is 1.32 bits per heavy atom. The Morgan fingerprint density at radius 2 is 2.09 bits per heavy atom. The predicted octanol–water partition coefficient (Wildman–Crippen LogP) is 3.10. The number of thiol groups is 1. The van der Waals surface area contributed by atoms with E-state index in [1.807, 2.05) is 0 Å². The maximum absolute atomic E-state index is 13.5. The maximum atomic E-state index is 13.5. The van der Waals surface area contributed by atoms with Crippen LogP contribution in [0.2, 0.25) is 0 Å². The SMILES string of the molecule is CCO[SH](=O)=Nc1ncc(Oc2ccc(F)cc2F)c(C)n1. The largest absolute Gasteiger partial charge is 0.451 e. The molecular formula is C13H13F2N3O3S. The predicted molar refractivity (Wildman–Crippen MR) is 76.5 cm³/mol. The van der Waals surface area contributed by atoms with Crippen LogP contribution in [0.15, 0.2) is 28.8 Å². The smallest absolute Gasteiger partial charge is 0.259 e. The third kappa shape index (κ3) is 4.18. The number of halogens is 2. The Hall–Kier alpha value is -2.13. The quantitative estimate of drug-likeness (QED) is 0.853. The highest BCUT2D eigenvalue weighted by molar-refractivity contribution is 7.69. The highest BCUT2D eigenvalue weighted by Crippen LogP contribution is 2.27. The van der Waals surface area contributed by atoms with Crippen LogP contribution in [0.25, 0.3) is 0 Å². The summed E-state index contributed by atoms with van der Waals surface area (Å²) < 4.78 is 51.4. The summed E-state index contributed by atoms with van der Waals surface area (Å²) in [5.74, 6) is -1.55. The van der Waals surface area contributed by atoms with Crippen molar-refractivity contribution in [3.8, 4) is 11.5 Å². The van der Waals surface area contributed by atoms with Gasteiger partial charge in [0.2, 0.25) is 0 Å². The molecule has 22 heavy (non-hydrogen) atoms. The molecule has 118 valence electrons. The van der Waals surface area contributed by atoms with Gasteiger partial charge in [0.15, 0.2) is 28.2 Å². The van der Waals surface area contributed by atoms with Gasteiger partial charge in [0.05, 0.1) is 18.5 Å². The lowest BCUT2D eigenvalue weighted by atomic mass is 10.3. The summed E-state index contributed by atoms with van der Waals surface area (Å²) in [5, 5.41) is 0. The second kappa shape index (κ2) is 7.23. The molecule has 0 bridgehead atoms. The molecule has 2 rings (SSSR count). The summed E-state index contributed by atoms with van der Waals surface area (Å²) in [6.45, 7) is 3.52. The van der Waals surface area contributed by atoms with E-state index in [9.17, 15) is 13.0 Å². The van der Waals surface area contributed by atoms with Gasteiger partial charge in [-0.1, -0.05) is 0 Å². The van der Waals surface area contributed by atoms with Crippen LogP contribution >= 0.6 is 0 Å². The molecule has 0 spiro atoms. The van der Waals surface area contributed by atoms with Crippen molar-refractivity contribution in [2.45, 2.75) is 13.8 Å². The van der Waals surface area contributed by atoms with E-state index in [0.717, 1.165) is 12.1 Å². The molecule has 1 aromatic carbocycles. The number of aryl methyl sites for hydroxylation is 1. The zero-order chi connectivity index (χ0) is 16.1. The first-order chi connectivity index (χ1) is 10.5. The molecule has 1 atom stereocenters. The first kappa shape index (κ1) is 16.2. The van der Waals surface area contributed by atoms with Crippen LogP contribution in [0.3, 0.4) is 0 Å². The van der Waals surface area contributed by atoms with E-state index in [1.54, 1.807) is 13.8 Å². The van der Waals surface area contributed by atoms with E-state index in [-0.39, 0.29) is 24.1 Å². The van der Waals surface area contributed by atoms with Gasteiger partial charge in [-0.3, -0.25) is 4.18 Å². The van der Waals surface area contributed by atoms with Crippen molar-refractivity contribution in [2.75, 3.05) is 6.61 Å². The van der Waals surface area contributed by atoms with Crippen molar-refractivity contribution >= 4 is 16.8 Å². The molecule has 0 saturated heterocycles. The molecule has 1 heterocycles. The first-order valence-electron chi connectivity index (χ1n) is 6.28. The molecule has 0 radical (unpaired) electrons. The minimum Gasteiger partial charge on any atom is -0.451 e. The maximum Gasteiger partial charge on any atom is 0.259 e. The second-order valence-corrected chi connectivity index (χ2v) is 4.99. The van der Waals surface area contributed by atoms with E-state index in [0.29, 0.717) is 11.8 Å². The standard InChI is InChI=1S/C13H13F2N3O3S/c1-3-20-22(19)18-13-16-7-12(8(2)17-13)21-11-5-4-9(14)6-10(11)15/h4-7,22H,3H2,1-2H3. The zero-order valence-electron chi connectivity index (χ0n) is 11.8. The summed E-state index contributed by atoms with van der Waals surface area (Å²) in [6.07, 6.45) is 1.26. The summed E-state index contributed by atoms with van der Waals surface area (Å²) in [7, 11) is -2.23. The number of rotatable bonds is 5. The Labute approximate surface area is 127 Å². The minimum absolute atomic E-state index is 0.0287. The van der Waals surface area contributed by atoms with Crippen molar-refractivity contribution in [3.05, 3.63) is 41.7 Å². The van der Waals surface area contributed by atoms with Crippen molar-refractivity contribution in [1.29, 1.82) is 0 Å². The third-order valence-corrected chi connectivity index (χ3v) is 3.27. The number of ether oxygens (including phenoxy) is 1. The highest BCUT2D eigenvalue weighted by atomic mass is 32.2. The molecule has 0 N–H and O–H groups in total. The summed E-state index contributed by atoms with van der Waals surface area (Å²) in [4.78, 5) is 7.82. The van der Waals surface area contributed by atoms with Crippen LogP contribution in [0.4, 0.5) is 14.7 Å². The topological polar surface area (TPSA) is 73.7 Å². The van der Waals surface area contributed by atoms with Gasteiger partial charge in [-0.15, -0.1) is 4.36 Å². The summed E-state index contributed by atoms with van der Waals surface area (Å²) in [6, 6.07) is 2.95. The van der Waals surface area contributed by atoms with Crippen LogP contribution in [0.1, 0.15) is 12.6 Å². The van der Waals surface area contributed by atoms with Crippen molar-refractivity contribution < 1.29 is 21.9 Å². The lowest BCUT2D eigenvalue weighted by molar-refractivity contribution is 0.377. The molecule has 0 aliphatic carbocycles. The number of nitrogens with zero attached hydrogens (tertiary/aromatic N) is 3. The fourth-order valence-corrected chi connectivity index (χ4v) is 2.00. The number of aromatic nitrogens is 2. The Balaban J connectivity index is 2.23. The summed E-state index contributed by atoms with van der Waals surface area (Å²) in [5.41, 5.74) is 0.359. The first-order valence-corrected chi connectivity index (χ1v) is 7.41. The van der Waals surface area contributed by atoms with Gasteiger partial charge >= 0.3 is 0 Å². The van der Waals surface area contributed by atoms with E-state index in [1.165, 1.54) is 6.20 Å². The Bertz CT molecular complexity index is 764. The number of hydrogen-bond donors (Lipinski definition) is 1. The fraction of sp³-hybridized carbons (Fsp3) is 0.231. The average molecular weight is 329 g/mol. The number of hydrogen-bond acceptors (Lipinski definition) is 6. The van der Waals surface area contributed by atoms with Crippen molar-refractivity contribution in [1.82, 2.24) is 9.97 Å². The summed E-state index contributed by atoms with van der Waals surface area (Å²) >= 11 is 0. The van der Waals surface area contributed by atoms with E-state index in [4.69, 9.17) is 8.92 Å². The van der Waals surface area contributed by atoms with Gasteiger partial charge in [-0.25, -0.2) is 23.0 Å². The van der Waals surface area contributed by atoms with Crippen molar-refractivity contribution in [3.63, 3.8) is 0 Å². The zero-order valence-corrected chi connectivity index (χ0v) is 12.7. The van der Waals surface area contributed by atoms with Gasteiger partial charge in [-0.05, 0) is 26.0 Å². The van der Waals surface area contributed by atoms with E-state index < -0.39 is 22.5 Å². The van der Waals surface area contributed by atoms with E-state index >= 15 is 0 Å². The molecule has 0 aliphatic rings. The molecular weight excluding hydrogens is 316 g/mol. The number of benzene rings is 1. The molecule has 9 heteroatoms.